The average Bonchev–Trinajstić information content (AvgIpc) is 2.19. The van der Waals surface area contributed by atoms with Gasteiger partial charge in [0, 0.05) is 10.9 Å². The van der Waals surface area contributed by atoms with Gasteiger partial charge < -0.3 is 4.74 Å². The molecule has 0 N–H and O–H groups in total. The number of benzene rings is 1. The van der Waals surface area contributed by atoms with Crippen molar-refractivity contribution in [2.24, 2.45) is 11.3 Å². The number of hydrogen-bond donors (Lipinski definition) is 1. The quantitative estimate of drug-likeness (QED) is 0.706. The average molecular weight is 328 g/mol. The third kappa shape index (κ3) is 4.41. The maximum Gasteiger partial charge on any atom is 0.156 e. The second-order valence-electron chi connectivity index (χ2n) is 5.26. The number of halogens is 3. The van der Waals surface area contributed by atoms with Crippen LogP contribution in [0.15, 0.2) is 12.1 Å². The molecule has 0 saturated heterocycles. The summed E-state index contributed by atoms with van der Waals surface area (Å²) in [5.41, 5.74) is 0.118. The Morgan fingerprint density at radius 2 is 1.67 bits per heavy atom. The molecular formula is C13H17Cl3OS. The van der Waals surface area contributed by atoms with E-state index >= 15 is 0 Å². The van der Waals surface area contributed by atoms with Gasteiger partial charge in [0.2, 0.25) is 0 Å². The molecule has 1 rings (SSSR count). The molecule has 0 aliphatic heterocycles. The third-order valence-electron chi connectivity index (χ3n) is 2.84. The van der Waals surface area contributed by atoms with Crippen molar-refractivity contribution in [2.75, 3.05) is 12.4 Å². The van der Waals surface area contributed by atoms with Crippen LogP contribution in [0.3, 0.4) is 0 Å². The van der Waals surface area contributed by atoms with Gasteiger partial charge in [-0.15, -0.1) is 0 Å². The fraction of sp³-hybridized carbons (Fsp3) is 0.538. The SMILES string of the molecule is CC(C)(C)C(CS)COc1c(Cl)cc(Cl)cc1Cl. The first kappa shape index (κ1) is 16.3. The minimum absolute atomic E-state index is 0.118. The van der Waals surface area contributed by atoms with Gasteiger partial charge in [-0.2, -0.15) is 12.6 Å². The van der Waals surface area contributed by atoms with Crippen LogP contribution in [-0.2, 0) is 0 Å². The highest BCUT2D eigenvalue weighted by molar-refractivity contribution is 7.80. The zero-order valence-electron chi connectivity index (χ0n) is 10.6. The molecule has 1 aromatic rings. The van der Waals surface area contributed by atoms with Crippen LogP contribution in [-0.4, -0.2) is 12.4 Å². The van der Waals surface area contributed by atoms with Gasteiger partial charge in [0.05, 0.1) is 16.7 Å². The molecule has 0 bridgehead atoms. The van der Waals surface area contributed by atoms with Crippen LogP contribution in [0.4, 0.5) is 0 Å². The fourth-order valence-electron chi connectivity index (χ4n) is 1.43. The monoisotopic (exact) mass is 326 g/mol. The van der Waals surface area contributed by atoms with Crippen molar-refractivity contribution in [3.8, 4) is 5.75 Å². The van der Waals surface area contributed by atoms with Crippen LogP contribution < -0.4 is 4.74 Å². The Balaban J connectivity index is 2.80. The predicted molar refractivity (Wildman–Crippen MR) is 83.8 cm³/mol. The van der Waals surface area contributed by atoms with Crippen LogP contribution >= 0.6 is 47.4 Å². The van der Waals surface area contributed by atoms with E-state index in [2.05, 4.69) is 33.4 Å². The Morgan fingerprint density at radius 3 is 2.06 bits per heavy atom. The minimum Gasteiger partial charge on any atom is -0.490 e. The molecule has 0 aliphatic rings. The van der Waals surface area contributed by atoms with Crippen molar-refractivity contribution in [3.63, 3.8) is 0 Å². The first-order chi connectivity index (χ1) is 8.25. The summed E-state index contributed by atoms with van der Waals surface area (Å²) < 4.78 is 5.73. The Bertz CT molecular complexity index is 392. The molecular weight excluding hydrogens is 311 g/mol. The van der Waals surface area contributed by atoms with Crippen molar-refractivity contribution in [1.29, 1.82) is 0 Å². The first-order valence-corrected chi connectivity index (χ1v) is 7.40. The van der Waals surface area contributed by atoms with Crippen LogP contribution in [0.25, 0.3) is 0 Å². The smallest absolute Gasteiger partial charge is 0.156 e. The summed E-state index contributed by atoms with van der Waals surface area (Å²) in [4.78, 5) is 0. The number of rotatable bonds is 4. The van der Waals surface area contributed by atoms with E-state index in [4.69, 9.17) is 39.5 Å². The Kier molecular flexibility index (Phi) is 5.98. The van der Waals surface area contributed by atoms with Crippen molar-refractivity contribution < 1.29 is 4.74 Å². The molecule has 102 valence electrons. The number of thiol groups is 1. The largest absolute Gasteiger partial charge is 0.490 e. The molecule has 1 aromatic carbocycles. The highest BCUT2D eigenvalue weighted by atomic mass is 35.5. The van der Waals surface area contributed by atoms with E-state index in [0.717, 1.165) is 5.75 Å². The molecule has 0 fully saturated rings. The van der Waals surface area contributed by atoms with Gasteiger partial charge in [-0.1, -0.05) is 55.6 Å². The van der Waals surface area contributed by atoms with Gasteiger partial charge in [0.25, 0.3) is 0 Å². The van der Waals surface area contributed by atoms with Crippen LogP contribution in [0.5, 0.6) is 5.75 Å². The van der Waals surface area contributed by atoms with Gasteiger partial charge in [0.1, 0.15) is 0 Å². The third-order valence-corrected chi connectivity index (χ3v) is 4.06. The predicted octanol–water partition coefficient (Wildman–Crippen LogP) is 5.62. The lowest BCUT2D eigenvalue weighted by Gasteiger charge is -2.29. The molecule has 0 amide bonds. The van der Waals surface area contributed by atoms with Crippen molar-refractivity contribution in [1.82, 2.24) is 0 Å². The summed E-state index contributed by atoms with van der Waals surface area (Å²) in [5.74, 6) is 1.54. The van der Waals surface area contributed by atoms with E-state index in [1.54, 1.807) is 12.1 Å². The van der Waals surface area contributed by atoms with E-state index in [-0.39, 0.29) is 5.41 Å². The van der Waals surface area contributed by atoms with Crippen molar-refractivity contribution in [2.45, 2.75) is 20.8 Å². The topological polar surface area (TPSA) is 9.23 Å². The highest BCUT2D eigenvalue weighted by Crippen LogP contribution is 2.37. The molecule has 1 nitrogen and oxygen atoms in total. The Labute approximate surface area is 129 Å². The van der Waals surface area contributed by atoms with E-state index in [9.17, 15) is 0 Å². The van der Waals surface area contributed by atoms with Crippen LogP contribution in [0.1, 0.15) is 20.8 Å². The van der Waals surface area contributed by atoms with E-state index in [1.807, 2.05) is 0 Å². The number of hydrogen-bond acceptors (Lipinski definition) is 2. The van der Waals surface area contributed by atoms with E-state index < -0.39 is 0 Å². The summed E-state index contributed by atoms with van der Waals surface area (Å²) in [6, 6.07) is 3.24. The summed E-state index contributed by atoms with van der Waals surface area (Å²) in [7, 11) is 0. The van der Waals surface area contributed by atoms with Crippen LogP contribution in [0, 0.1) is 11.3 Å². The van der Waals surface area contributed by atoms with E-state index in [1.165, 1.54) is 0 Å². The summed E-state index contributed by atoms with van der Waals surface area (Å²) in [5, 5.41) is 1.36. The summed E-state index contributed by atoms with van der Waals surface area (Å²) in [6.07, 6.45) is 0. The zero-order valence-corrected chi connectivity index (χ0v) is 13.8. The first-order valence-electron chi connectivity index (χ1n) is 5.64. The zero-order chi connectivity index (χ0) is 13.9. The molecule has 18 heavy (non-hydrogen) atoms. The van der Waals surface area contributed by atoms with Gasteiger partial charge in [-0.05, 0) is 23.3 Å². The van der Waals surface area contributed by atoms with Crippen molar-refractivity contribution >= 4 is 47.4 Å². The lowest BCUT2D eigenvalue weighted by molar-refractivity contribution is 0.165. The Hall–Kier alpha value is 0.240. The van der Waals surface area contributed by atoms with Crippen molar-refractivity contribution in [3.05, 3.63) is 27.2 Å². The minimum atomic E-state index is 0.118. The normalized spacial score (nSPS) is 13.5. The summed E-state index contributed by atoms with van der Waals surface area (Å²) in [6.45, 7) is 6.99. The lowest BCUT2D eigenvalue weighted by Crippen LogP contribution is -2.28. The molecule has 1 atom stereocenters. The maximum atomic E-state index is 6.06. The molecule has 0 saturated carbocycles. The fourth-order valence-corrected chi connectivity index (χ4v) is 3.01. The van der Waals surface area contributed by atoms with Crippen LogP contribution in [0.2, 0.25) is 15.1 Å². The maximum absolute atomic E-state index is 6.06. The van der Waals surface area contributed by atoms with E-state index in [0.29, 0.717) is 33.3 Å². The second kappa shape index (κ2) is 6.60. The molecule has 0 spiro atoms. The van der Waals surface area contributed by atoms with Gasteiger partial charge in [-0.25, -0.2) is 0 Å². The van der Waals surface area contributed by atoms with Gasteiger partial charge in [-0.3, -0.25) is 0 Å². The molecule has 0 radical (unpaired) electrons. The number of ether oxygens (including phenoxy) is 1. The van der Waals surface area contributed by atoms with Gasteiger partial charge >= 0.3 is 0 Å². The second-order valence-corrected chi connectivity index (χ2v) is 6.87. The molecule has 0 heterocycles. The highest BCUT2D eigenvalue weighted by Gasteiger charge is 2.24. The Morgan fingerprint density at radius 1 is 1.17 bits per heavy atom. The molecule has 0 aromatic heterocycles. The van der Waals surface area contributed by atoms with Gasteiger partial charge in [0.15, 0.2) is 5.75 Å². The molecule has 5 heteroatoms. The summed E-state index contributed by atoms with van der Waals surface area (Å²) >= 11 is 22.3. The molecule has 0 aliphatic carbocycles. The standard InChI is InChI=1S/C13H17Cl3OS/c1-13(2,3)8(7-18)6-17-12-10(15)4-9(14)5-11(12)16/h4-5,8,18H,6-7H2,1-3H3. The lowest BCUT2D eigenvalue weighted by atomic mass is 9.82. The molecule has 1 unspecified atom stereocenters.